The van der Waals surface area contributed by atoms with Crippen molar-refractivity contribution in [2.45, 2.75) is 148 Å². The molecule has 0 N–H and O–H groups in total. The minimum atomic E-state index is -1.52. The molecule has 1 saturated heterocycles. The summed E-state index contributed by atoms with van der Waals surface area (Å²) in [6, 6.07) is 0. The Morgan fingerprint density at radius 3 is 1.27 bits per heavy atom. The molecule has 2 rings (SSSR count). The van der Waals surface area contributed by atoms with Crippen LogP contribution < -0.4 is 50.0 Å². The number of hydrogen-bond donors (Lipinski definition) is 0. The van der Waals surface area contributed by atoms with Crippen molar-refractivity contribution in [3.8, 4) is 0 Å². The van der Waals surface area contributed by atoms with Gasteiger partial charge in [0, 0.05) is 76.9 Å². The maximum atomic E-state index is 14.1. The number of amides is 1. The first-order chi connectivity index (χ1) is 25.4. The van der Waals surface area contributed by atoms with Crippen molar-refractivity contribution in [1.82, 2.24) is 19.6 Å². The molecule has 0 bridgehead atoms. The number of nitrogens with zero attached hydrogens (tertiary/aromatic N) is 4. The van der Waals surface area contributed by atoms with E-state index < -0.39 is 55.6 Å². The third-order valence-corrected chi connectivity index (χ3v) is 11.4. The second-order valence-corrected chi connectivity index (χ2v) is 15.7. The predicted molar refractivity (Wildman–Crippen MR) is 194 cm³/mol. The zero-order valence-electron chi connectivity index (χ0n) is 34.2. The monoisotopic (exact) mass is 929 g/mol. The molecule has 0 unspecified atom stereocenters. The Balaban J connectivity index is 0.0000146. The topological polar surface area (TPSA) is 191 Å². The van der Waals surface area contributed by atoms with E-state index in [0.717, 1.165) is 51.6 Å². The summed E-state index contributed by atoms with van der Waals surface area (Å²) in [5.74, 6) is -6.25. The van der Waals surface area contributed by atoms with E-state index >= 15 is 0 Å². The molecule has 311 valence electrons. The molecule has 15 heteroatoms. The molecule has 1 heterocycles. The van der Waals surface area contributed by atoms with Crippen LogP contribution in [0.5, 0.6) is 0 Å². The van der Waals surface area contributed by atoms with E-state index in [2.05, 4.69) is 13.8 Å². The Kier molecular flexibility index (Phi) is 31.2. The van der Waals surface area contributed by atoms with Crippen LogP contribution in [-0.4, -0.2) is 120 Å². The van der Waals surface area contributed by atoms with Crippen molar-refractivity contribution in [3.63, 3.8) is 0 Å². The molecular formula is C40H68GdN4NaO9. The summed E-state index contributed by atoms with van der Waals surface area (Å²) in [5, 5.41) is 47.5. The molecule has 1 radical (unpaired) electrons. The van der Waals surface area contributed by atoms with Crippen LogP contribution >= 0.6 is 0 Å². The van der Waals surface area contributed by atoms with Crippen molar-refractivity contribution in [3.05, 3.63) is 0 Å². The molecule has 0 aromatic heterocycles. The van der Waals surface area contributed by atoms with Gasteiger partial charge in [-0.05, 0) is 44.4 Å². The van der Waals surface area contributed by atoms with Gasteiger partial charge < -0.3 is 44.5 Å². The van der Waals surface area contributed by atoms with Crippen molar-refractivity contribution >= 4 is 29.8 Å². The average Bonchev–Trinajstić information content (AvgIpc) is 3.27. The summed E-state index contributed by atoms with van der Waals surface area (Å²) in [4.78, 5) is 68.0. The summed E-state index contributed by atoms with van der Waals surface area (Å²) in [7, 11) is 0. The summed E-state index contributed by atoms with van der Waals surface area (Å²) in [5.41, 5.74) is -1.29. The quantitative estimate of drug-likeness (QED) is 0.0571. The van der Waals surface area contributed by atoms with Crippen molar-refractivity contribution < 1.29 is 114 Å². The van der Waals surface area contributed by atoms with Gasteiger partial charge in [0.2, 0.25) is 5.91 Å². The van der Waals surface area contributed by atoms with Gasteiger partial charge >= 0.3 is 69.5 Å². The molecule has 0 aromatic rings. The van der Waals surface area contributed by atoms with Crippen molar-refractivity contribution in [1.29, 1.82) is 0 Å². The molecule has 0 aromatic carbocycles. The zero-order chi connectivity index (χ0) is 39.1. The number of carboxylic acids is 4. The van der Waals surface area contributed by atoms with E-state index in [1.807, 2.05) is 4.90 Å². The predicted octanol–water partition coefficient (Wildman–Crippen LogP) is -2.44. The minimum absolute atomic E-state index is 0. The van der Waals surface area contributed by atoms with Gasteiger partial charge in [-0.15, -0.1) is 0 Å². The molecule has 0 spiro atoms. The number of hydrogen-bond acceptors (Lipinski definition) is 12. The van der Waals surface area contributed by atoms with Crippen molar-refractivity contribution in [2.75, 3.05) is 65.4 Å². The van der Waals surface area contributed by atoms with Gasteiger partial charge in [0.15, 0.2) is 0 Å². The Morgan fingerprint density at radius 2 is 0.927 bits per heavy atom. The number of aliphatic carboxylic acids is 4. The third kappa shape index (κ3) is 21.9. The van der Waals surface area contributed by atoms with E-state index in [1.165, 1.54) is 69.1 Å². The maximum absolute atomic E-state index is 14.1. The van der Waals surface area contributed by atoms with Gasteiger partial charge in [-0.3, -0.25) is 19.5 Å². The van der Waals surface area contributed by atoms with Crippen LogP contribution in [0.4, 0.5) is 0 Å². The third-order valence-electron chi connectivity index (χ3n) is 11.4. The first-order valence-electron chi connectivity index (χ1n) is 20.7. The van der Waals surface area contributed by atoms with Crippen LogP contribution in [0.15, 0.2) is 0 Å². The van der Waals surface area contributed by atoms with E-state index in [9.17, 15) is 44.4 Å². The summed E-state index contributed by atoms with van der Waals surface area (Å²) >= 11 is 0. The number of carbonyl (C=O) groups is 5. The first kappa shape index (κ1) is 54.6. The number of rotatable bonds is 29. The van der Waals surface area contributed by atoms with Gasteiger partial charge in [0.1, 0.15) is 0 Å². The first-order valence-corrected chi connectivity index (χ1v) is 20.7. The average molecular weight is 929 g/mol. The van der Waals surface area contributed by atoms with E-state index in [0.29, 0.717) is 25.7 Å². The maximum Gasteiger partial charge on any atom is 3.00 e. The molecule has 55 heavy (non-hydrogen) atoms. The van der Waals surface area contributed by atoms with Crippen LogP contribution in [0.1, 0.15) is 142 Å². The number of unbranched alkanes of at least 4 members (excludes halogenated alkanes) is 14. The molecule has 13 nitrogen and oxygen atoms in total. The zero-order valence-corrected chi connectivity index (χ0v) is 38.5. The molecule has 1 saturated carbocycles. The standard InChI is InChI=1S/C40H72N4O9.Gd.Na/c1-3-5-7-9-11-13-15-17-23-43(24-18-16-14-12-10-8-6-4-2)39(53)33-19-21-34(22-20-33)40(44(29-37(49)50)30-38(51)52)31-41(27-35(45)46)25-26-42(32-40)28-36(47)48;;/h33-34H,3-32H2,1-2H3,(H,45,46)(H,47,48)(H,49,50)(H,51,52);;/q;+3;+1/p-4. The van der Waals surface area contributed by atoms with E-state index in [4.69, 9.17) is 0 Å². The molecule has 1 amide bonds. The van der Waals surface area contributed by atoms with E-state index in [1.54, 1.807) is 9.80 Å². The Labute approximate surface area is 385 Å². The summed E-state index contributed by atoms with van der Waals surface area (Å²) in [6.45, 7) is 3.57. The van der Waals surface area contributed by atoms with Gasteiger partial charge in [-0.2, -0.15) is 0 Å². The molecular weight excluding hydrogens is 861 g/mol. The van der Waals surface area contributed by atoms with Gasteiger partial charge in [-0.25, -0.2) is 0 Å². The van der Waals surface area contributed by atoms with Gasteiger partial charge in [0.25, 0.3) is 0 Å². The van der Waals surface area contributed by atoms with Crippen LogP contribution in [0.25, 0.3) is 0 Å². The molecule has 1 aliphatic carbocycles. The van der Waals surface area contributed by atoms with Crippen LogP contribution in [-0.2, 0) is 24.0 Å². The van der Waals surface area contributed by atoms with Crippen LogP contribution in [0.3, 0.4) is 0 Å². The Hall–Kier alpha value is -0.445. The Bertz CT molecular complexity index is 1050. The van der Waals surface area contributed by atoms with Crippen LogP contribution in [0, 0.1) is 51.8 Å². The molecule has 2 aliphatic rings. The SMILES string of the molecule is CCCCCCCCCCN(CCCCCCCCCC)C(=O)C1CCC(C2(N(CC(=O)[O-])CC(=O)[O-])CN(CC(=O)[O-])CCN(CC(=O)[O-])C2)CC1.[Gd+3].[Na+]. The number of carboxylic acid groups (broad SMARTS) is 4. The van der Waals surface area contributed by atoms with Gasteiger partial charge in [-0.1, -0.05) is 104 Å². The van der Waals surface area contributed by atoms with Gasteiger partial charge in [0.05, 0.1) is 23.9 Å². The summed E-state index contributed by atoms with van der Waals surface area (Å²) < 4.78 is 0. The fourth-order valence-electron chi connectivity index (χ4n) is 8.64. The van der Waals surface area contributed by atoms with E-state index in [-0.39, 0.29) is 113 Å². The minimum Gasteiger partial charge on any atom is -0.549 e. The van der Waals surface area contributed by atoms with Crippen LogP contribution in [0.2, 0.25) is 0 Å². The fourth-order valence-corrected chi connectivity index (χ4v) is 8.64. The smallest absolute Gasteiger partial charge is 0.549 e. The Morgan fingerprint density at radius 1 is 0.564 bits per heavy atom. The molecule has 0 atom stereocenters. The molecule has 2 fully saturated rings. The van der Waals surface area contributed by atoms with Crippen molar-refractivity contribution in [2.24, 2.45) is 11.8 Å². The second kappa shape index (κ2) is 31.5. The largest absolute Gasteiger partial charge is 3.00 e. The normalized spacial score (nSPS) is 18.8. The fraction of sp³-hybridized carbons (Fsp3) is 0.875. The summed E-state index contributed by atoms with van der Waals surface area (Å²) in [6.07, 6.45) is 20.8. The number of carbonyl (C=O) groups excluding carboxylic acids is 5. The second-order valence-electron chi connectivity index (χ2n) is 15.7. The molecule has 1 aliphatic heterocycles.